The van der Waals surface area contributed by atoms with Crippen LogP contribution in [0.1, 0.15) is 24.0 Å². The van der Waals surface area contributed by atoms with Crippen molar-refractivity contribution in [3.63, 3.8) is 0 Å². The Morgan fingerprint density at radius 1 is 1.10 bits per heavy atom. The SMILES string of the molecule is CN(CCc1ccc(C2=NCCN2)cc1)C(=O)CCCN(C)S(=O)(=O)c1cc(Cl)c(N)c(Cl)c1.O=C(O)C(F)(F)F. The summed E-state index contributed by atoms with van der Waals surface area (Å²) in [4.78, 5) is 27.4. The first kappa shape index (κ1) is 34.1. The lowest BCUT2D eigenvalue weighted by Gasteiger charge is -2.20. The molecule has 0 aliphatic carbocycles. The topological polar surface area (TPSA) is 145 Å². The van der Waals surface area contributed by atoms with Crippen LogP contribution in [0.25, 0.3) is 0 Å². The maximum atomic E-state index is 12.8. The van der Waals surface area contributed by atoms with Gasteiger partial charge in [-0.2, -0.15) is 13.2 Å². The van der Waals surface area contributed by atoms with Crippen LogP contribution < -0.4 is 11.1 Å². The zero-order chi connectivity index (χ0) is 31.0. The molecule has 4 N–H and O–H groups in total. The van der Waals surface area contributed by atoms with Crippen LogP contribution in [0.3, 0.4) is 0 Å². The van der Waals surface area contributed by atoms with Gasteiger partial charge >= 0.3 is 12.1 Å². The predicted octanol–water partition coefficient (Wildman–Crippen LogP) is 3.66. The van der Waals surface area contributed by atoms with Gasteiger partial charge in [-0.05, 0) is 30.5 Å². The summed E-state index contributed by atoms with van der Waals surface area (Å²) in [5, 5.41) is 10.5. The molecule has 0 aromatic heterocycles. The van der Waals surface area contributed by atoms with Crippen molar-refractivity contribution in [1.29, 1.82) is 0 Å². The van der Waals surface area contributed by atoms with E-state index in [-0.39, 0.29) is 39.5 Å². The number of carboxylic acid groups (broad SMARTS) is 1. The molecule has 0 atom stereocenters. The third-order valence-corrected chi connectivity index (χ3v) is 8.39. The highest BCUT2D eigenvalue weighted by Gasteiger charge is 2.38. The highest BCUT2D eigenvalue weighted by atomic mass is 35.5. The largest absolute Gasteiger partial charge is 0.490 e. The summed E-state index contributed by atoms with van der Waals surface area (Å²) >= 11 is 11.9. The number of sulfonamides is 1. The summed E-state index contributed by atoms with van der Waals surface area (Å²) in [6, 6.07) is 10.7. The number of benzene rings is 2. The van der Waals surface area contributed by atoms with Gasteiger partial charge in [-0.1, -0.05) is 47.5 Å². The molecule has 3 rings (SSSR count). The van der Waals surface area contributed by atoms with E-state index < -0.39 is 22.2 Å². The number of carboxylic acids is 1. The second-order valence-electron chi connectivity index (χ2n) is 8.95. The fraction of sp³-hybridized carbons (Fsp3) is 0.400. The Balaban J connectivity index is 0.000000745. The Bertz CT molecular complexity index is 1350. The maximum Gasteiger partial charge on any atom is 0.490 e. The van der Waals surface area contributed by atoms with Crippen molar-refractivity contribution in [1.82, 2.24) is 14.5 Å². The van der Waals surface area contributed by atoms with E-state index in [1.807, 2.05) is 24.3 Å². The van der Waals surface area contributed by atoms with Crippen LogP contribution in [0.5, 0.6) is 0 Å². The normalized spacial score (nSPS) is 13.2. The Kier molecular flexibility index (Phi) is 12.2. The number of hydrogen-bond acceptors (Lipinski definition) is 7. The number of halogens is 5. The van der Waals surface area contributed by atoms with Gasteiger partial charge < -0.3 is 21.1 Å². The van der Waals surface area contributed by atoms with Crippen molar-refractivity contribution in [3.8, 4) is 0 Å². The fourth-order valence-corrected chi connectivity index (χ4v) is 5.38. The van der Waals surface area contributed by atoms with E-state index in [1.54, 1.807) is 11.9 Å². The highest BCUT2D eigenvalue weighted by Crippen LogP contribution is 2.31. The molecule has 1 amide bonds. The quantitative estimate of drug-likeness (QED) is 0.336. The number of nitrogens with zero attached hydrogens (tertiary/aromatic N) is 3. The van der Waals surface area contributed by atoms with E-state index >= 15 is 0 Å². The van der Waals surface area contributed by atoms with Crippen LogP contribution in [0.4, 0.5) is 18.9 Å². The number of anilines is 1. The summed E-state index contributed by atoms with van der Waals surface area (Å²) < 4.78 is 58.5. The highest BCUT2D eigenvalue weighted by molar-refractivity contribution is 7.89. The number of nitrogens with one attached hydrogen (secondary N) is 1. The van der Waals surface area contributed by atoms with E-state index in [4.69, 9.17) is 38.8 Å². The van der Waals surface area contributed by atoms with E-state index in [0.29, 0.717) is 13.0 Å². The monoisotopic (exact) mass is 639 g/mol. The summed E-state index contributed by atoms with van der Waals surface area (Å²) in [6.45, 7) is 2.43. The predicted molar refractivity (Wildman–Crippen MR) is 151 cm³/mol. The van der Waals surface area contributed by atoms with E-state index in [0.717, 1.165) is 36.5 Å². The number of carbonyl (C=O) groups is 2. The Morgan fingerprint density at radius 3 is 2.15 bits per heavy atom. The number of rotatable bonds is 10. The van der Waals surface area contributed by atoms with Gasteiger partial charge in [-0.25, -0.2) is 17.5 Å². The smallest absolute Gasteiger partial charge is 0.475 e. The minimum absolute atomic E-state index is 0.0366. The molecule has 0 unspecified atom stereocenters. The molecular weight excluding hydrogens is 610 g/mol. The third-order valence-electron chi connectivity index (χ3n) is 5.93. The number of aliphatic imine (C=N–C) groups is 1. The van der Waals surface area contributed by atoms with Gasteiger partial charge in [0.2, 0.25) is 15.9 Å². The zero-order valence-corrected chi connectivity index (χ0v) is 24.5. The average molecular weight is 641 g/mol. The molecule has 1 aliphatic rings. The fourth-order valence-electron chi connectivity index (χ4n) is 3.50. The van der Waals surface area contributed by atoms with Gasteiger partial charge in [0.15, 0.2) is 0 Å². The van der Waals surface area contributed by atoms with E-state index in [2.05, 4.69) is 10.3 Å². The van der Waals surface area contributed by atoms with Gasteiger partial charge in [0.05, 0.1) is 27.2 Å². The van der Waals surface area contributed by atoms with Crippen molar-refractivity contribution in [3.05, 3.63) is 57.6 Å². The van der Waals surface area contributed by atoms with Crippen LogP contribution in [0, 0.1) is 0 Å². The number of amides is 1. The molecule has 10 nitrogen and oxygen atoms in total. The number of nitrogens with two attached hydrogens (primary N) is 1. The Morgan fingerprint density at radius 2 is 1.66 bits per heavy atom. The molecule has 1 heterocycles. The van der Waals surface area contributed by atoms with Crippen molar-refractivity contribution >= 4 is 56.6 Å². The lowest BCUT2D eigenvalue weighted by atomic mass is 10.1. The zero-order valence-electron chi connectivity index (χ0n) is 22.2. The van der Waals surface area contributed by atoms with Gasteiger partial charge in [-0.15, -0.1) is 0 Å². The second kappa shape index (κ2) is 14.7. The summed E-state index contributed by atoms with van der Waals surface area (Å²) in [6.07, 6.45) is -3.72. The number of nitrogen functional groups attached to an aromatic ring is 1. The molecule has 1 aliphatic heterocycles. The van der Waals surface area contributed by atoms with Crippen LogP contribution in [-0.2, 0) is 26.0 Å². The lowest BCUT2D eigenvalue weighted by molar-refractivity contribution is -0.192. The van der Waals surface area contributed by atoms with E-state index in [9.17, 15) is 26.4 Å². The summed E-state index contributed by atoms with van der Waals surface area (Å²) in [7, 11) is -0.591. The molecular formula is C25H30Cl2F3N5O5S. The minimum Gasteiger partial charge on any atom is -0.475 e. The molecule has 2 aromatic rings. The lowest BCUT2D eigenvalue weighted by Crippen LogP contribution is -2.31. The van der Waals surface area contributed by atoms with Crippen LogP contribution in [0.2, 0.25) is 10.0 Å². The molecule has 0 radical (unpaired) electrons. The van der Waals surface area contributed by atoms with Crippen molar-refractivity contribution in [2.24, 2.45) is 4.99 Å². The van der Waals surface area contributed by atoms with Crippen molar-refractivity contribution < 1.29 is 36.3 Å². The number of alkyl halides is 3. The molecule has 0 spiro atoms. The molecule has 0 saturated carbocycles. The minimum atomic E-state index is -5.08. The molecule has 41 heavy (non-hydrogen) atoms. The maximum absolute atomic E-state index is 12.8. The van der Waals surface area contributed by atoms with Crippen LogP contribution >= 0.6 is 23.2 Å². The first-order valence-electron chi connectivity index (χ1n) is 12.2. The molecule has 0 bridgehead atoms. The first-order chi connectivity index (χ1) is 19.0. The number of hydrogen-bond donors (Lipinski definition) is 3. The molecule has 16 heteroatoms. The van der Waals surface area contributed by atoms with Gasteiger partial charge in [0.25, 0.3) is 0 Å². The summed E-state index contributed by atoms with van der Waals surface area (Å²) in [5.74, 6) is -1.87. The second-order valence-corrected chi connectivity index (χ2v) is 11.8. The van der Waals surface area contributed by atoms with Gasteiger partial charge in [0.1, 0.15) is 5.84 Å². The molecule has 2 aromatic carbocycles. The molecule has 226 valence electrons. The van der Waals surface area contributed by atoms with Gasteiger partial charge in [0, 0.05) is 45.7 Å². The molecule has 0 fully saturated rings. The van der Waals surface area contributed by atoms with Crippen LogP contribution in [-0.4, -0.2) is 86.9 Å². The average Bonchev–Trinajstić information content (AvgIpc) is 3.45. The number of likely N-dealkylation sites (N-methyl/N-ethyl adjacent to an activating group) is 1. The molecule has 0 saturated heterocycles. The first-order valence-corrected chi connectivity index (χ1v) is 14.4. The van der Waals surface area contributed by atoms with Crippen LogP contribution in [0.15, 0.2) is 46.3 Å². The Labute approximate surface area is 246 Å². The number of aliphatic carboxylic acids is 1. The standard InChI is InChI=1S/C23H29Cl2N5O3S.C2HF3O2/c1-29(13-9-16-5-7-17(8-6-16)23-27-10-11-28-23)21(31)4-3-12-30(2)34(32,33)18-14-19(24)22(26)20(25)15-18;3-2(4,5)1(6)7/h5-8,14-15H,3-4,9-13,26H2,1-2H3,(H,27,28);(H,6,7). The number of amidine groups is 1. The number of carbonyl (C=O) groups excluding carboxylic acids is 1. The Hall–Kier alpha value is -3.07. The van der Waals surface area contributed by atoms with E-state index in [1.165, 1.54) is 23.5 Å². The van der Waals surface area contributed by atoms with Gasteiger partial charge in [-0.3, -0.25) is 9.79 Å². The third kappa shape index (κ3) is 10.1. The van der Waals surface area contributed by atoms with Crippen molar-refractivity contribution in [2.75, 3.05) is 46.0 Å². The summed E-state index contributed by atoms with van der Waals surface area (Å²) in [5.41, 5.74) is 8.01. The van der Waals surface area contributed by atoms with Crippen molar-refractivity contribution in [2.45, 2.75) is 30.3 Å².